The predicted octanol–water partition coefficient (Wildman–Crippen LogP) is 2.27. The molecule has 0 spiro atoms. The number of hydrogen-bond donors (Lipinski definition) is 2. The Morgan fingerprint density at radius 3 is 2.57 bits per heavy atom. The average molecular weight is 400 g/mol. The van der Waals surface area contributed by atoms with Crippen molar-refractivity contribution < 1.29 is 32.2 Å². The summed E-state index contributed by atoms with van der Waals surface area (Å²) in [4.78, 5) is 24.8. The second-order valence-electron chi connectivity index (χ2n) is 7.10. The molecule has 1 heterocycles. The maximum Gasteiger partial charge on any atom is 0.408 e. The van der Waals surface area contributed by atoms with Crippen LogP contribution in [0.3, 0.4) is 0 Å². The third kappa shape index (κ3) is 4.09. The van der Waals surface area contributed by atoms with E-state index in [1.54, 1.807) is 20.3 Å². The number of rotatable bonds is 4. The zero-order chi connectivity index (χ0) is 20.5. The summed E-state index contributed by atoms with van der Waals surface area (Å²) in [6.45, 7) is 0. The van der Waals surface area contributed by atoms with Gasteiger partial charge in [0.1, 0.15) is 17.7 Å². The molecule has 4 atom stereocenters. The lowest BCUT2D eigenvalue weighted by Crippen LogP contribution is -2.55. The number of amides is 2. The van der Waals surface area contributed by atoms with E-state index in [1.165, 1.54) is 0 Å². The number of ether oxygens (including phenoxy) is 2. The lowest BCUT2D eigenvalue weighted by Gasteiger charge is -2.35. The largest absolute Gasteiger partial charge is 0.497 e. The maximum absolute atomic E-state index is 12.8. The summed E-state index contributed by atoms with van der Waals surface area (Å²) in [5, 5.41) is 4.73. The fourth-order valence-electron chi connectivity index (χ4n) is 3.88. The zero-order valence-corrected chi connectivity index (χ0v) is 15.6. The van der Waals surface area contributed by atoms with Crippen molar-refractivity contribution in [3.05, 3.63) is 29.3 Å². The van der Waals surface area contributed by atoms with Gasteiger partial charge < -0.3 is 20.1 Å². The number of nitrogens with one attached hydrogen (secondary N) is 2. The third-order valence-corrected chi connectivity index (χ3v) is 5.44. The van der Waals surface area contributed by atoms with Crippen LogP contribution in [0.5, 0.6) is 5.75 Å². The third-order valence-electron chi connectivity index (χ3n) is 5.44. The van der Waals surface area contributed by atoms with Crippen molar-refractivity contribution in [1.82, 2.24) is 10.6 Å². The smallest absolute Gasteiger partial charge is 0.408 e. The van der Waals surface area contributed by atoms with Crippen LogP contribution < -0.4 is 15.4 Å². The first kappa shape index (κ1) is 20.4. The van der Waals surface area contributed by atoms with Gasteiger partial charge in [0.25, 0.3) is 0 Å². The molecule has 9 heteroatoms. The highest BCUT2D eigenvalue weighted by molar-refractivity contribution is 6.01. The van der Waals surface area contributed by atoms with Crippen LogP contribution in [0.4, 0.5) is 13.2 Å². The normalized spacial score (nSPS) is 27.5. The van der Waals surface area contributed by atoms with Crippen molar-refractivity contribution >= 4 is 11.8 Å². The molecule has 28 heavy (non-hydrogen) atoms. The Morgan fingerprint density at radius 1 is 1.21 bits per heavy atom. The molecule has 154 valence electrons. The molecule has 1 aromatic carbocycles. The lowest BCUT2D eigenvalue weighted by molar-refractivity contribution is -0.171. The van der Waals surface area contributed by atoms with Crippen molar-refractivity contribution in [2.75, 3.05) is 14.2 Å². The molecule has 6 nitrogen and oxygen atoms in total. The minimum absolute atomic E-state index is 0.151. The van der Waals surface area contributed by atoms with Crippen LogP contribution in [0, 0.1) is 5.92 Å². The molecule has 0 aromatic heterocycles. The predicted molar refractivity (Wildman–Crippen MR) is 93.7 cm³/mol. The summed E-state index contributed by atoms with van der Waals surface area (Å²) < 4.78 is 49.1. The van der Waals surface area contributed by atoms with Gasteiger partial charge >= 0.3 is 6.18 Å². The number of alkyl halides is 3. The molecular weight excluding hydrogens is 377 g/mol. The standard InChI is InChI=1S/C19H23F3N2O4/c1-27-11-4-5-12-10(9-11)3-7-14(28-2)16(12)24-18(26)13-6-8-15(19(20,21)22)23-17(13)25/h4-5,9,13-16H,3,6-8H2,1-2H3,(H,23,25)(H,24,26). The zero-order valence-electron chi connectivity index (χ0n) is 15.6. The van der Waals surface area contributed by atoms with Crippen LogP contribution in [0.2, 0.25) is 0 Å². The number of fused-ring (bicyclic) bond motifs is 1. The highest BCUT2D eigenvalue weighted by Gasteiger charge is 2.46. The van der Waals surface area contributed by atoms with E-state index in [9.17, 15) is 22.8 Å². The van der Waals surface area contributed by atoms with E-state index < -0.39 is 36.0 Å². The van der Waals surface area contributed by atoms with Gasteiger partial charge in [0.05, 0.1) is 19.3 Å². The Morgan fingerprint density at radius 2 is 1.96 bits per heavy atom. The van der Waals surface area contributed by atoms with Crippen molar-refractivity contribution in [2.24, 2.45) is 5.92 Å². The van der Waals surface area contributed by atoms with Crippen LogP contribution >= 0.6 is 0 Å². The van der Waals surface area contributed by atoms with Gasteiger partial charge in [-0.05, 0) is 48.9 Å². The molecule has 1 saturated heterocycles. The molecule has 0 bridgehead atoms. The first-order valence-corrected chi connectivity index (χ1v) is 9.11. The van der Waals surface area contributed by atoms with Gasteiger partial charge in [-0.1, -0.05) is 6.07 Å². The lowest BCUT2D eigenvalue weighted by atomic mass is 9.84. The summed E-state index contributed by atoms with van der Waals surface area (Å²) in [6.07, 6.45) is -3.87. The van der Waals surface area contributed by atoms with Gasteiger partial charge in [-0.3, -0.25) is 9.59 Å². The van der Waals surface area contributed by atoms with Crippen LogP contribution in [-0.4, -0.2) is 44.4 Å². The Kier molecular flexibility index (Phi) is 5.83. The summed E-state index contributed by atoms with van der Waals surface area (Å²) in [7, 11) is 3.11. The number of benzene rings is 1. The van der Waals surface area contributed by atoms with Gasteiger partial charge in [-0.25, -0.2) is 0 Å². The second-order valence-corrected chi connectivity index (χ2v) is 7.10. The van der Waals surface area contributed by atoms with Gasteiger partial charge in [-0.2, -0.15) is 13.2 Å². The minimum Gasteiger partial charge on any atom is -0.497 e. The number of carbonyl (C=O) groups is 2. The molecule has 2 amide bonds. The van der Waals surface area contributed by atoms with Crippen molar-refractivity contribution in [2.45, 2.75) is 50.0 Å². The van der Waals surface area contributed by atoms with Crippen LogP contribution in [0.25, 0.3) is 0 Å². The SMILES string of the molecule is COc1ccc2c(c1)CCC(OC)C2NC(=O)C1CCC(C(F)(F)F)NC1=O. The minimum atomic E-state index is -4.51. The molecule has 3 rings (SSSR count). The van der Waals surface area contributed by atoms with Gasteiger partial charge in [0.2, 0.25) is 11.8 Å². The Labute approximate surface area is 160 Å². The first-order valence-electron chi connectivity index (χ1n) is 9.11. The summed E-state index contributed by atoms with van der Waals surface area (Å²) in [5.41, 5.74) is 1.86. The molecular formula is C19H23F3N2O4. The number of aryl methyl sites for hydroxylation is 1. The van der Waals surface area contributed by atoms with Crippen LogP contribution in [-0.2, 0) is 20.7 Å². The van der Waals surface area contributed by atoms with Crippen molar-refractivity contribution in [1.29, 1.82) is 0 Å². The summed E-state index contributed by atoms with van der Waals surface area (Å²) >= 11 is 0. The number of carbonyl (C=O) groups excluding carboxylic acids is 2. The van der Waals surface area contributed by atoms with E-state index in [-0.39, 0.29) is 18.9 Å². The van der Waals surface area contributed by atoms with E-state index in [4.69, 9.17) is 9.47 Å². The highest BCUT2D eigenvalue weighted by Crippen LogP contribution is 2.35. The molecule has 1 aliphatic carbocycles. The topological polar surface area (TPSA) is 76.7 Å². The van der Waals surface area contributed by atoms with Crippen LogP contribution in [0.15, 0.2) is 18.2 Å². The van der Waals surface area contributed by atoms with E-state index in [0.717, 1.165) is 17.5 Å². The summed E-state index contributed by atoms with van der Waals surface area (Å²) in [5.74, 6) is -1.94. The first-order chi connectivity index (χ1) is 13.2. The second kappa shape index (κ2) is 7.98. The molecule has 1 aromatic rings. The maximum atomic E-state index is 12.8. The van der Waals surface area contributed by atoms with E-state index in [0.29, 0.717) is 12.2 Å². The molecule has 1 fully saturated rings. The van der Waals surface area contributed by atoms with Crippen molar-refractivity contribution in [3.8, 4) is 5.75 Å². The van der Waals surface area contributed by atoms with Gasteiger partial charge in [0, 0.05) is 7.11 Å². The number of methoxy groups -OCH3 is 2. The molecule has 0 radical (unpaired) electrons. The molecule has 2 N–H and O–H groups in total. The molecule has 2 aliphatic rings. The quantitative estimate of drug-likeness (QED) is 0.761. The number of piperidine rings is 1. The number of halogens is 3. The monoisotopic (exact) mass is 400 g/mol. The highest BCUT2D eigenvalue weighted by atomic mass is 19.4. The summed E-state index contributed by atoms with van der Waals surface area (Å²) in [6, 6.07) is 3.11. The molecule has 4 unspecified atom stereocenters. The number of hydrogen-bond acceptors (Lipinski definition) is 4. The van der Waals surface area contributed by atoms with E-state index >= 15 is 0 Å². The Hall–Kier alpha value is -2.29. The van der Waals surface area contributed by atoms with Gasteiger partial charge in [-0.15, -0.1) is 0 Å². The van der Waals surface area contributed by atoms with Crippen molar-refractivity contribution in [3.63, 3.8) is 0 Å². The fourth-order valence-corrected chi connectivity index (χ4v) is 3.88. The fraction of sp³-hybridized carbons (Fsp3) is 0.579. The van der Waals surface area contributed by atoms with E-state index in [1.807, 2.05) is 17.4 Å². The van der Waals surface area contributed by atoms with E-state index in [2.05, 4.69) is 5.32 Å². The molecule has 1 aliphatic heterocycles. The Bertz CT molecular complexity index is 753. The van der Waals surface area contributed by atoms with Gasteiger partial charge in [0.15, 0.2) is 0 Å². The Balaban J connectivity index is 1.75. The average Bonchev–Trinajstić information content (AvgIpc) is 2.66. The van der Waals surface area contributed by atoms with Crippen LogP contribution in [0.1, 0.15) is 36.4 Å². The molecule has 0 saturated carbocycles.